The van der Waals surface area contributed by atoms with Crippen LogP contribution in [-0.2, 0) is 21.1 Å². The van der Waals surface area contributed by atoms with Crippen molar-refractivity contribution >= 4 is 44.6 Å². The molecule has 2 N–H and O–H groups in total. The Kier molecular flexibility index (Phi) is 9.30. The summed E-state index contributed by atoms with van der Waals surface area (Å²) >= 11 is 1.47. The molecule has 48 heavy (non-hydrogen) atoms. The Labute approximate surface area is 284 Å². The van der Waals surface area contributed by atoms with Gasteiger partial charge in [0.2, 0.25) is 9.84 Å². The number of aromatic nitrogens is 1. The second kappa shape index (κ2) is 13.4. The second-order valence-electron chi connectivity index (χ2n) is 12.8. The first-order valence-corrected chi connectivity index (χ1v) is 18.1. The highest BCUT2D eigenvalue weighted by Gasteiger charge is 2.32. The summed E-state index contributed by atoms with van der Waals surface area (Å²) in [6.45, 7) is 11.1. The highest BCUT2D eigenvalue weighted by atomic mass is 32.2. The summed E-state index contributed by atoms with van der Waals surface area (Å²) in [5, 5.41) is 6.79. The third-order valence-corrected chi connectivity index (χ3v) is 11.0. The number of carbonyl (C=O) groups is 2. The number of thiazole rings is 1. The van der Waals surface area contributed by atoms with Crippen LogP contribution in [0, 0.1) is 0 Å². The van der Waals surface area contributed by atoms with Crippen molar-refractivity contribution in [3.8, 4) is 16.3 Å². The second-order valence-corrected chi connectivity index (χ2v) is 15.8. The number of carbonyl (C=O) groups excluding carboxylic acids is 2. The maximum Gasteiger partial charge on any atom is 0.410 e. The zero-order chi connectivity index (χ0) is 34.1. The van der Waals surface area contributed by atoms with Gasteiger partial charge in [-0.05, 0) is 82.1 Å². The van der Waals surface area contributed by atoms with Crippen molar-refractivity contribution in [2.24, 2.45) is 0 Å². The van der Waals surface area contributed by atoms with Crippen LogP contribution in [0.4, 0.5) is 10.5 Å². The van der Waals surface area contributed by atoms with E-state index in [0.29, 0.717) is 35.7 Å². The summed E-state index contributed by atoms with van der Waals surface area (Å²) in [4.78, 5) is 33.1. The van der Waals surface area contributed by atoms with Crippen LogP contribution in [-0.4, -0.2) is 55.1 Å². The zero-order valence-electron chi connectivity index (χ0n) is 27.1. The number of hydrogen-bond acceptors (Lipinski definition) is 9. The molecule has 3 aromatic carbocycles. The lowest BCUT2D eigenvalue weighted by Gasteiger charge is -2.28. The average molecular weight is 687 g/mol. The standard InChI is InChI=1S/C36H38N4O6S2/c1-23-29-9-5-6-10-31(29)48(43,44)32-16-13-25(20-30(32)39-23)33(41)37-21-28-22-38-34(47-28)24-11-14-27(15-12-24)45-19-17-26-8-7-18-40(26)35(42)46-36(2,3)4/h5-6,9-16,20,22,26,39H,1,7-8,17-19,21H2,2-4H3,(H,37,41). The largest absolute Gasteiger partial charge is 0.494 e. The lowest BCUT2D eigenvalue weighted by Crippen LogP contribution is -2.40. The molecule has 12 heteroatoms. The van der Waals surface area contributed by atoms with E-state index < -0.39 is 15.4 Å². The van der Waals surface area contributed by atoms with Gasteiger partial charge in [0.25, 0.3) is 5.91 Å². The SMILES string of the molecule is C=C1Nc2cc(C(=O)NCc3cnc(-c4ccc(OCCC5CCCN5C(=O)OC(C)(C)C)cc4)s3)ccc2S(=O)(=O)c2ccccc21. The Hall–Kier alpha value is -4.68. The van der Waals surface area contributed by atoms with Gasteiger partial charge in [-0.1, -0.05) is 24.8 Å². The molecule has 1 saturated heterocycles. The molecule has 1 aromatic heterocycles. The van der Waals surface area contributed by atoms with E-state index in [1.54, 1.807) is 30.5 Å². The summed E-state index contributed by atoms with van der Waals surface area (Å²) in [7, 11) is -3.80. The van der Waals surface area contributed by atoms with E-state index >= 15 is 0 Å². The topological polar surface area (TPSA) is 127 Å². The zero-order valence-corrected chi connectivity index (χ0v) is 28.7. The van der Waals surface area contributed by atoms with Crippen molar-refractivity contribution in [3.63, 3.8) is 0 Å². The molecule has 250 valence electrons. The van der Waals surface area contributed by atoms with Gasteiger partial charge in [-0.15, -0.1) is 11.3 Å². The van der Waals surface area contributed by atoms with Crippen LogP contribution in [0.2, 0.25) is 0 Å². The van der Waals surface area contributed by atoms with Crippen LogP contribution in [0.5, 0.6) is 5.75 Å². The molecule has 1 unspecified atom stereocenters. The number of anilines is 1. The van der Waals surface area contributed by atoms with Gasteiger partial charge >= 0.3 is 6.09 Å². The van der Waals surface area contributed by atoms with Gasteiger partial charge in [-0.2, -0.15) is 0 Å². The summed E-state index contributed by atoms with van der Waals surface area (Å²) in [5.74, 6) is 0.396. The van der Waals surface area contributed by atoms with Crippen LogP contribution >= 0.6 is 11.3 Å². The predicted octanol–water partition coefficient (Wildman–Crippen LogP) is 7.14. The number of sulfone groups is 1. The van der Waals surface area contributed by atoms with E-state index in [1.807, 2.05) is 49.9 Å². The number of ether oxygens (including phenoxy) is 2. The van der Waals surface area contributed by atoms with E-state index in [2.05, 4.69) is 22.2 Å². The fourth-order valence-electron chi connectivity index (χ4n) is 5.80. The van der Waals surface area contributed by atoms with E-state index in [0.717, 1.165) is 40.5 Å². The Bertz CT molecular complexity index is 1960. The van der Waals surface area contributed by atoms with Gasteiger partial charge < -0.3 is 25.0 Å². The molecule has 0 saturated carbocycles. The number of rotatable bonds is 8. The molecule has 4 aromatic rings. The number of benzene rings is 3. The Morgan fingerprint density at radius 1 is 1.08 bits per heavy atom. The number of nitrogens with one attached hydrogen (secondary N) is 2. The van der Waals surface area contributed by atoms with Crippen molar-refractivity contribution in [1.82, 2.24) is 15.2 Å². The van der Waals surface area contributed by atoms with Gasteiger partial charge in [-0.3, -0.25) is 4.79 Å². The third-order valence-electron chi connectivity index (χ3n) is 8.12. The Morgan fingerprint density at radius 3 is 2.62 bits per heavy atom. The van der Waals surface area contributed by atoms with Gasteiger partial charge in [0.15, 0.2) is 0 Å². The number of amides is 2. The third kappa shape index (κ3) is 7.24. The Balaban J connectivity index is 1.02. The molecule has 6 rings (SSSR count). The number of nitrogens with zero attached hydrogens (tertiary/aromatic N) is 2. The highest BCUT2D eigenvalue weighted by molar-refractivity contribution is 7.91. The first kappa shape index (κ1) is 33.2. The molecule has 0 aliphatic carbocycles. The molecular formula is C36H38N4O6S2. The normalized spacial score (nSPS) is 16.7. The fourth-order valence-corrected chi connectivity index (χ4v) is 8.28. The molecular weight excluding hydrogens is 649 g/mol. The van der Waals surface area contributed by atoms with Gasteiger partial charge in [0.05, 0.1) is 28.6 Å². The maximum absolute atomic E-state index is 13.3. The van der Waals surface area contributed by atoms with Crippen molar-refractivity contribution in [2.75, 3.05) is 18.5 Å². The minimum atomic E-state index is -3.80. The molecule has 2 amide bonds. The molecule has 0 bridgehead atoms. The smallest absolute Gasteiger partial charge is 0.410 e. The highest BCUT2D eigenvalue weighted by Crippen LogP contribution is 2.37. The molecule has 0 spiro atoms. The fraction of sp³-hybridized carbons (Fsp3) is 0.306. The molecule has 2 aliphatic rings. The summed E-state index contributed by atoms with van der Waals surface area (Å²) < 4.78 is 38.2. The van der Waals surface area contributed by atoms with E-state index in [-0.39, 0.29) is 34.4 Å². The lowest BCUT2D eigenvalue weighted by molar-refractivity contribution is 0.0211. The van der Waals surface area contributed by atoms with Crippen LogP contribution in [0.15, 0.2) is 89.3 Å². The van der Waals surface area contributed by atoms with Crippen molar-refractivity contribution in [3.05, 3.63) is 95.5 Å². The number of hydrogen-bond donors (Lipinski definition) is 2. The summed E-state index contributed by atoms with van der Waals surface area (Å²) in [6, 6.07) is 19.0. The van der Waals surface area contributed by atoms with Crippen LogP contribution in [0.3, 0.4) is 0 Å². The Morgan fingerprint density at radius 2 is 1.85 bits per heavy atom. The lowest BCUT2D eigenvalue weighted by atomic mass is 10.1. The molecule has 1 atom stereocenters. The predicted molar refractivity (Wildman–Crippen MR) is 186 cm³/mol. The van der Waals surface area contributed by atoms with Crippen LogP contribution < -0.4 is 15.4 Å². The first-order chi connectivity index (χ1) is 22.9. The average Bonchev–Trinajstić information content (AvgIpc) is 3.72. The number of likely N-dealkylation sites (tertiary alicyclic amines) is 1. The molecule has 2 aliphatic heterocycles. The minimum absolute atomic E-state index is 0.0901. The van der Waals surface area contributed by atoms with E-state index in [4.69, 9.17) is 9.47 Å². The quantitative estimate of drug-likeness (QED) is 0.200. The molecule has 10 nitrogen and oxygen atoms in total. The van der Waals surface area contributed by atoms with Crippen LogP contribution in [0.1, 0.15) is 60.8 Å². The maximum atomic E-state index is 13.3. The molecule has 3 heterocycles. The monoisotopic (exact) mass is 686 g/mol. The number of fused-ring (bicyclic) bond motifs is 2. The summed E-state index contributed by atoms with van der Waals surface area (Å²) in [6.07, 6.45) is 4.10. The summed E-state index contributed by atoms with van der Waals surface area (Å²) in [5.41, 5.74) is 1.97. The van der Waals surface area contributed by atoms with Crippen molar-refractivity contribution < 1.29 is 27.5 Å². The van der Waals surface area contributed by atoms with Gasteiger partial charge in [0.1, 0.15) is 16.4 Å². The minimum Gasteiger partial charge on any atom is -0.494 e. The van der Waals surface area contributed by atoms with E-state index in [1.165, 1.54) is 29.5 Å². The van der Waals surface area contributed by atoms with Crippen molar-refractivity contribution in [1.29, 1.82) is 0 Å². The van der Waals surface area contributed by atoms with E-state index in [9.17, 15) is 18.0 Å². The molecule has 1 fully saturated rings. The molecule has 0 radical (unpaired) electrons. The van der Waals surface area contributed by atoms with Gasteiger partial charge in [0, 0.05) is 52.5 Å². The van der Waals surface area contributed by atoms with Gasteiger partial charge in [-0.25, -0.2) is 18.2 Å². The van der Waals surface area contributed by atoms with Crippen molar-refractivity contribution in [2.45, 2.75) is 68.0 Å². The first-order valence-electron chi connectivity index (χ1n) is 15.8. The van der Waals surface area contributed by atoms with Crippen LogP contribution in [0.25, 0.3) is 16.3 Å².